The first-order valence-corrected chi connectivity index (χ1v) is 11.6. The van der Waals surface area contributed by atoms with Gasteiger partial charge in [-0.1, -0.05) is 23.5 Å². The van der Waals surface area contributed by atoms with E-state index in [0.29, 0.717) is 22.8 Å². The third-order valence-electron chi connectivity index (χ3n) is 4.49. The lowest BCUT2D eigenvalue weighted by atomic mass is 10.2. The third-order valence-corrected chi connectivity index (χ3v) is 7.21. The number of fused-ring (bicyclic) bond motifs is 1. The summed E-state index contributed by atoms with van der Waals surface area (Å²) in [6.45, 7) is 0. The first-order chi connectivity index (χ1) is 13.9. The molecule has 2 heterocycles. The molecule has 1 aliphatic rings. The topological polar surface area (TPSA) is 117 Å². The van der Waals surface area contributed by atoms with Gasteiger partial charge < -0.3 is 10.6 Å². The van der Waals surface area contributed by atoms with E-state index in [1.807, 2.05) is 24.3 Å². The largest absolute Gasteiger partial charge is 0.334 e. The normalized spacial score (nSPS) is 17.7. The van der Waals surface area contributed by atoms with E-state index in [-0.39, 0.29) is 23.5 Å². The number of urea groups is 1. The molecule has 1 saturated heterocycles. The van der Waals surface area contributed by atoms with Gasteiger partial charge in [-0.15, -0.1) is 0 Å². The third kappa shape index (κ3) is 4.72. The van der Waals surface area contributed by atoms with Crippen LogP contribution in [-0.2, 0) is 9.84 Å². The summed E-state index contributed by atoms with van der Waals surface area (Å²) in [5.41, 5.74) is 1.76. The Morgan fingerprint density at radius 1 is 1.03 bits per heavy atom. The molecule has 0 bridgehead atoms. The monoisotopic (exact) mass is 430 g/mol. The van der Waals surface area contributed by atoms with Crippen LogP contribution in [0.4, 0.5) is 15.6 Å². The number of nitrogens with zero attached hydrogens (tertiary/aromatic N) is 1. The van der Waals surface area contributed by atoms with Crippen LogP contribution in [0.3, 0.4) is 0 Å². The van der Waals surface area contributed by atoms with Crippen molar-refractivity contribution in [1.29, 1.82) is 0 Å². The lowest BCUT2D eigenvalue weighted by Crippen LogP contribution is -2.38. The van der Waals surface area contributed by atoms with Crippen LogP contribution in [0.5, 0.6) is 0 Å². The van der Waals surface area contributed by atoms with Crippen molar-refractivity contribution in [3.8, 4) is 0 Å². The van der Waals surface area contributed by atoms with Gasteiger partial charge in [-0.05, 0) is 42.8 Å². The van der Waals surface area contributed by atoms with E-state index in [2.05, 4.69) is 20.9 Å². The molecular formula is C19H18N4O4S2. The van der Waals surface area contributed by atoms with Gasteiger partial charge in [-0.25, -0.2) is 18.2 Å². The standard InChI is InChI=1S/C19H18N4O4S2/c24-17(23-19-22-15-3-1-2-4-16(15)28-19)12-5-7-13(8-6-12)20-18(25)21-14-9-10-29(26,27)11-14/h1-8,14H,9-11H2,(H2,20,21,25)(H,22,23,24)/t14-/m0/s1. The minimum atomic E-state index is -3.05. The van der Waals surface area contributed by atoms with Gasteiger partial charge >= 0.3 is 6.03 Å². The number of benzene rings is 2. The van der Waals surface area contributed by atoms with Crippen LogP contribution >= 0.6 is 11.3 Å². The van der Waals surface area contributed by atoms with Crippen LogP contribution < -0.4 is 16.0 Å². The average molecular weight is 431 g/mol. The summed E-state index contributed by atoms with van der Waals surface area (Å²) in [7, 11) is -3.05. The number of aromatic nitrogens is 1. The number of rotatable bonds is 4. The molecule has 3 aromatic rings. The lowest BCUT2D eigenvalue weighted by Gasteiger charge is -2.12. The first kappa shape index (κ1) is 19.3. The van der Waals surface area contributed by atoms with Gasteiger partial charge in [0.2, 0.25) is 0 Å². The number of hydrogen-bond donors (Lipinski definition) is 3. The molecule has 4 rings (SSSR count). The van der Waals surface area contributed by atoms with Crippen LogP contribution in [0, 0.1) is 0 Å². The molecular weight excluding hydrogens is 412 g/mol. The Balaban J connectivity index is 1.34. The van der Waals surface area contributed by atoms with Crippen LogP contribution in [0.1, 0.15) is 16.8 Å². The van der Waals surface area contributed by atoms with Crippen molar-refractivity contribution in [2.24, 2.45) is 0 Å². The number of carbonyl (C=O) groups is 2. The lowest BCUT2D eigenvalue weighted by molar-refractivity contribution is 0.102. The zero-order chi connectivity index (χ0) is 20.4. The molecule has 8 nitrogen and oxygen atoms in total. The molecule has 1 aliphatic heterocycles. The molecule has 1 fully saturated rings. The first-order valence-electron chi connectivity index (χ1n) is 8.93. The van der Waals surface area contributed by atoms with Gasteiger partial charge in [0, 0.05) is 17.3 Å². The maximum Gasteiger partial charge on any atom is 0.319 e. The molecule has 150 valence electrons. The minimum Gasteiger partial charge on any atom is -0.334 e. The van der Waals surface area contributed by atoms with Crippen LogP contribution in [0.2, 0.25) is 0 Å². The van der Waals surface area contributed by atoms with E-state index in [1.54, 1.807) is 24.3 Å². The van der Waals surface area contributed by atoms with Crippen molar-refractivity contribution < 1.29 is 18.0 Å². The van der Waals surface area contributed by atoms with E-state index < -0.39 is 15.9 Å². The Bertz CT molecular complexity index is 1140. The number of nitrogens with one attached hydrogen (secondary N) is 3. The average Bonchev–Trinajstić information content (AvgIpc) is 3.23. The molecule has 10 heteroatoms. The predicted octanol–water partition coefficient (Wildman–Crippen LogP) is 2.86. The van der Waals surface area contributed by atoms with Gasteiger partial charge in [-0.3, -0.25) is 10.1 Å². The van der Waals surface area contributed by atoms with Crippen molar-refractivity contribution in [2.75, 3.05) is 22.1 Å². The van der Waals surface area contributed by atoms with E-state index in [9.17, 15) is 18.0 Å². The Hall–Kier alpha value is -2.98. The maximum atomic E-state index is 12.4. The Morgan fingerprint density at radius 2 is 1.79 bits per heavy atom. The number of carbonyl (C=O) groups excluding carboxylic acids is 2. The van der Waals surface area contributed by atoms with Crippen LogP contribution in [-0.4, -0.2) is 42.9 Å². The molecule has 3 N–H and O–H groups in total. The molecule has 0 unspecified atom stereocenters. The summed E-state index contributed by atoms with van der Waals surface area (Å²) < 4.78 is 23.9. The Kier molecular flexibility index (Phi) is 5.20. The predicted molar refractivity (Wildman–Crippen MR) is 113 cm³/mol. The van der Waals surface area contributed by atoms with Gasteiger partial charge in [0.15, 0.2) is 15.0 Å². The molecule has 1 aromatic heterocycles. The fraction of sp³-hybridized carbons (Fsp3) is 0.211. The molecule has 29 heavy (non-hydrogen) atoms. The van der Waals surface area contributed by atoms with E-state index >= 15 is 0 Å². The highest BCUT2D eigenvalue weighted by atomic mass is 32.2. The minimum absolute atomic E-state index is 0.0364. The number of hydrogen-bond acceptors (Lipinski definition) is 6. The highest BCUT2D eigenvalue weighted by Gasteiger charge is 2.28. The molecule has 0 radical (unpaired) electrons. The molecule has 3 amide bonds. The summed E-state index contributed by atoms with van der Waals surface area (Å²) in [6.07, 6.45) is 0.417. The second kappa shape index (κ2) is 7.80. The van der Waals surface area contributed by atoms with Crippen LogP contribution in [0.25, 0.3) is 10.2 Å². The number of thiazole rings is 1. The van der Waals surface area contributed by atoms with E-state index in [4.69, 9.17) is 0 Å². The number of amides is 3. The van der Waals surface area contributed by atoms with E-state index in [1.165, 1.54) is 11.3 Å². The van der Waals surface area contributed by atoms with Gasteiger partial charge in [-0.2, -0.15) is 0 Å². The van der Waals surface area contributed by atoms with Crippen LogP contribution in [0.15, 0.2) is 48.5 Å². The summed E-state index contributed by atoms with van der Waals surface area (Å²) in [5, 5.41) is 8.59. The summed E-state index contributed by atoms with van der Waals surface area (Å²) in [4.78, 5) is 28.8. The smallest absolute Gasteiger partial charge is 0.319 e. The Morgan fingerprint density at radius 3 is 2.48 bits per heavy atom. The quantitative estimate of drug-likeness (QED) is 0.588. The van der Waals surface area contributed by atoms with Crippen molar-refractivity contribution in [3.05, 3.63) is 54.1 Å². The van der Waals surface area contributed by atoms with Crippen molar-refractivity contribution in [3.63, 3.8) is 0 Å². The molecule has 1 atom stereocenters. The molecule has 0 saturated carbocycles. The highest BCUT2D eigenvalue weighted by molar-refractivity contribution is 7.91. The van der Waals surface area contributed by atoms with Gasteiger partial charge in [0.1, 0.15) is 0 Å². The molecule has 0 spiro atoms. The fourth-order valence-corrected chi connectivity index (χ4v) is 5.60. The Labute approximate surface area is 171 Å². The summed E-state index contributed by atoms with van der Waals surface area (Å²) >= 11 is 1.40. The number of anilines is 2. The zero-order valence-corrected chi connectivity index (χ0v) is 16.8. The molecule has 0 aliphatic carbocycles. The summed E-state index contributed by atoms with van der Waals surface area (Å²) in [5.74, 6) is -0.238. The second-order valence-electron chi connectivity index (χ2n) is 6.72. The van der Waals surface area contributed by atoms with Crippen molar-refractivity contribution in [1.82, 2.24) is 10.3 Å². The van der Waals surface area contributed by atoms with Gasteiger partial charge in [0.25, 0.3) is 5.91 Å². The van der Waals surface area contributed by atoms with Crippen molar-refractivity contribution in [2.45, 2.75) is 12.5 Å². The molecule has 2 aromatic carbocycles. The van der Waals surface area contributed by atoms with Crippen molar-refractivity contribution >= 4 is 54.1 Å². The SMILES string of the molecule is O=C(Nc1ccc(C(=O)Nc2nc3ccccc3s2)cc1)N[C@H]1CCS(=O)(=O)C1. The van der Waals surface area contributed by atoms with E-state index in [0.717, 1.165) is 10.2 Å². The van der Waals surface area contributed by atoms with Gasteiger partial charge in [0.05, 0.1) is 21.7 Å². The number of sulfone groups is 1. The second-order valence-corrected chi connectivity index (χ2v) is 9.98. The number of para-hydroxylation sites is 1. The highest BCUT2D eigenvalue weighted by Crippen LogP contribution is 2.25. The maximum absolute atomic E-state index is 12.4. The zero-order valence-electron chi connectivity index (χ0n) is 15.2. The fourth-order valence-electron chi connectivity index (χ4n) is 3.06. The summed E-state index contributed by atoms with van der Waals surface area (Å²) in [6, 6.07) is 13.2.